The van der Waals surface area contributed by atoms with E-state index in [4.69, 9.17) is 0 Å². The van der Waals surface area contributed by atoms with Crippen LogP contribution in [0.1, 0.15) is 0 Å². The van der Waals surface area contributed by atoms with Crippen molar-refractivity contribution >= 4 is 25.8 Å². The Kier molecular flexibility index (Phi) is 3.02. The second-order valence-electron chi connectivity index (χ2n) is 2.26. The minimum absolute atomic E-state index is 0.378. The van der Waals surface area contributed by atoms with Gasteiger partial charge in [-0.05, 0) is 18.2 Å². The van der Waals surface area contributed by atoms with Crippen molar-refractivity contribution in [2.75, 3.05) is 0 Å². The molecule has 0 N–H and O–H groups in total. The van der Waals surface area contributed by atoms with Crippen LogP contribution in [-0.4, -0.2) is 14.2 Å². The minimum Gasteiger partial charge on any atom is -0.218 e. The molecule has 0 aliphatic carbocycles. The number of rotatable bonds is 2. The molecule has 1 aromatic rings. The molecule has 1 aromatic carbocycles. The molecular formula is C7H5BrF2O2S. The molecule has 0 saturated carbocycles. The van der Waals surface area contributed by atoms with Gasteiger partial charge in [0.15, 0.2) is 0 Å². The molecule has 0 fully saturated rings. The van der Waals surface area contributed by atoms with E-state index >= 15 is 0 Å². The summed E-state index contributed by atoms with van der Waals surface area (Å²) < 4.78 is 46.3. The zero-order valence-electron chi connectivity index (χ0n) is 6.25. The number of benzene rings is 1. The van der Waals surface area contributed by atoms with Crippen molar-refractivity contribution < 1.29 is 17.2 Å². The van der Waals surface area contributed by atoms with E-state index in [1.165, 1.54) is 6.07 Å². The Hall–Kier alpha value is -0.490. The van der Waals surface area contributed by atoms with Gasteiger partial charge in [0.1, 0.15) is 0 Å². The highest BCUT2D eigenvalue weighted by molar-refractivity contribution is 9.10. The topological polar surface area (TPSA) is 34.1 Å². The van der Waals surface area contributed by atoms with Gasteiger partial charge in [0.05, 0.1) is 4.90 Å². The fourth-order valence-electron chi connectivity index (χ4n) is 0.747. The SMILES string of the molecule is O=S(=O)(c1cccc(Br)c1)C(F)F. The average molecular weight is 271 g/mol. The Balaban J connectivity index is 3.24. The first-order valence-electron chi connectivity index (χ1n) is 3.22. The fourth-order valence-corrected chi connectivity index (χ4v) is 2.06. The van der Waals surface area contributed by atoms with E-state index < -0.39 is 15.6 Å². The average Bonchev–Trinajstić information content (AvgIpc) is 2.04. The maximum atomic E-state index is 12.0. The van der Waals surface area contributed by atoms with E-state index in [-0.39, 0.29) is 4.90 Å². The van der Waals surface area contributed by atoms with E-state index in [0.29, 0.717) is 4.47 Å². The highest BCUT2D eigenvalue weighted by Crippen LogP contribution is 2.21. The third-order valence-electron chi connectivity index (χ3n) is 1.36. The predicted molar refractivity (Wildman–Crippen MR) is 47.3 cm³/mol. The summed E-state index contributed by atoms with van der Waals surface area (Å²) in [6.07, 6.45) is 0. The van der Waals surface area contributed by atoms with Crippen LogP contribution in [0, 0.1) is 0 Å². The second kappa shape index (κ2) is 3.71. The van der Waals surface area contributed by atoms with Crippen LogP contribution in [-0.2, 0) is 9.84 Å². The van der Waals surface area contributed by atoms with Gasteiger partial charge >= 0.3 is 5.76 Å². The molecule has 2 nitrogen and oxygen atoms in total. The van der Waals surface area contributed by atoms with Crippen LogP contribution in [0.5, 0.6) is 0 Å². The lowest BCUT2D eigenvalue weighted by molar-refractivity contribution is 0.234. The van der Waals surface area contributed by atoms with Gasteiger partial charge in [-0.2, -0.15) is 8.78 Å². The smallest absolute Gasteiger partial charge is 0.218 e. The molecule has 72 valence electrons. The molecule has 0 bridgehead atoms. The number of hydrogen-bond donors (Lipinski definition) is 0. The molecule has 13 heavy (non-hydrogen) atoms. The van der Waals surface area contributed by atoms with Crippen LogP contribution >= 0.6 is 15.9 Å². The van der Waals surface area contributed by atoms with Gasteiger partial charge < -0.3 is 0 Å². The highest BCUT2D eigenvalue weighted by atomic mass is 79.9. The van der Waals surface area contributed by atoms with Gasteiger partial charge in [0.25, 0.3) is 0 Å². The third-order valence-corrected chi connectivity index (χ3v) is 3.23. The molecule has 6 heteroatoms. The number of alkyl halides is 2. The Bertz CT molecular complexity index is 403. The lowest BCUT2D eigenvalue weighted by Gasteiger charge is -2.02. The molecule has 0 aliphatic heterocycles. The first-order chi connectivity index (χ1) is 5.94. The predicted octanol–water partition coefficient (Wildman–Crippen LogP) is 2.45. The molecule has 0 aromatic heterocycles. The van der Waals surface area contributed by atoms with Crippen molar-refractivity contribution in [3.63, 3.8) is 0 Å². The van der Waals surface area contributed by atoms with Gasteiger partial charge in [-0.3, -0.25) is 0 Å². The van der Waals surface area contributed by atoms with Gasteiger partial charge in [-0.25, -0.2) is 8.42 Å². The van der Waals surface area contributed by atoms with Gasteiger partial charge in [0.2, 0.25) is 9.84 Å². The Labute approximate surface area is 82.6 Å². The van der Waals surface area contributed by atoms with Crippen LogP contribution < -0.4 is 0 Å². The van der Waals surface area contributed by atoms with Crippen LogP contribution in [0.15, 0.2) is 33.6 Å². The molecule has 0 radical (unpaired) electrons. The summed E-state index contributed by atoms with van der Waals surface area (Å²) in [7, 11) is -4.46. The Morgan fingerprint density at radius 1 is 1.31 bits per heavy atom. The number of hydrogen-bond acceptors (Lipinski definition) is 2. The summed E-state index contributed by atoms with van der Waals surface area (Å²) >= 11 is 2.99. The zero-order valence-corrected chi connectivity index (χ0v) is 8.65. The minimum atomic E-state index is -4.46. The van der Waals surface area contributed by atoms with Crippen molar-refractivity contribution in [1.82, 2.24) is 0 Å². The van der Waals surface area contributed by atoms with E-state index in [1.54, 1.807) is 6.07 Å². The van der Waals surface area contributed by atoms with Crippen LogP contribution in [0.25, 0.3) is 0 Å². The summed E-state index contributed by atoms with van der Waals surface area (Å²) in [6.45, 7) is 0. The lowest BCUT2D eigenvalue weighted by Crippen LogP contribution is -2.11. The van der Waals surface area contributed by atoms with Crippen LogP contribution in [0.3, 0.4) is 0 Å². The first-order valence-corrected chi connectivity index (χ1v) is 5.56. The molecule has 0 amide bonds. The number of sulfone groups is 1. The lowest BCUT2D eigenvalue weighted by atomic mass is 10.4. The summed E-state index contributed by atoms with van der Waals surface area (Å²) in [5, 5.41) is 0. The largest absolute Gasteiger partial charge is 0.341 e. The molecule has 1 rings (SSSR count). The van der Waals surface area contributed by atoms with Crippen molar-refractivity contribution in [2.24, 2.45) is 0 Å². The third kappa shape index (κ3) is 2.25. The summed E-state index contributed by atoms with van der Waals surface area (Å²) in [6, 6.07) is 5.22. The van der Waals surface area contributed by atoms with E-state index in [0.717, 1.165) is 12.1 Å². The van der Waals surface area contributed by atoms with E-state index in [2.05, 4.69) is 15.9 Å². The van der Waals surface area contributed by atoms with Crippen LogP contribution in [0.2, 0.25) is 0 Å². The molecule has 0 heterocycles. The molecule has 0 atom stereocenters. The van der Waals surface area contributed by atoms with Gasteiger partial charge in [-0.15, -0.1) is 0 Å². The maximum Gasteiger partial charge on any atom is 0.341 e. The molecule has 0 unspecified atom stereocenters. The molecule has 0 spiro atoms. The van der Waals surface area contributed by atoms with Crippen molar-refractivity contribution in [3.05, 3.63) is 28.7 Å². The highest BCUT2D eigenvalue weighted by Gasteiger charge is 2.26. The normalized spacial score (nSPS) is 12.0. The Morgan fingerprint density at radius 3 is 2.38 bits per heavy atom. The van der Waals surface area contributed by atoms with Crippen molar-refractivity contribution in [2.45, 2.75) is 10.7 Å². The second-order valence-corrected chi connectivity index (χ2v) is 5.10. The summed E-state index contributed by atoms with van der Waals surface area (Å²) in [4.78, 5) is -0.378. The quantitative estimate of drug-likeness (QED) is 0.827. The van der Waals surface area contributed by atoms with Crippen LogP contribution in [0.4, 0.5) is 8.78 Å². The van der Waals surface area contributed by atoms with E-state index in [1.807, 2.05) is 0 Å². The summed E-state index contributed by atoms with van der Waals surface area (Å²) in [5.41, 5.74) is 0. The number of halogens is 3. The first kappa shape index (κ1) is 10.6. The van der Waals surface area contributed by atoms with Gasteiger partial charge in [-0.1, -0.05) is 22.0 Å². The zero-order chi connectivity index (χ0) is 10.1. The van der Waals surface area contributed by atoms with Crippen molar-refractivity contribution in [1.29, 1.82) is 0 Å². The maximum absolute atomic E-state index is 12.0. The standard InChI is InChI=1S/C7H5BrF2O2S/c8-5-2-1-3-6(4-5)13(11,12)7(9)10/h1-4,7H. The monoisotopic (exact) mass is 270 g/mol. The Morgan fingerprint density at radius 2 is 1.92 bits per heavy atom. The molecular weight excluding hydrogens is 266 g/mol. The fraction of sp³-hybridized carbons (Fsp3) is 0.143. The van der Waals surface area contributed by atoms with E-state index in [9.17, 15) is 17.2 Å². The van der Waals surface area contributed by atoms with Gasteiger partial charge in [0, 0.05) is 4.47 Å². The van der Waals surface area contributed by atoms with Crippen molar-refractivity contribution in [3.8, 4) is 0 Å². The summed E-state index contributed by atoms with van der Waals surface area (Å²) in [5.74, 6) is -3.37. The molecule has 0 aliphatic rings. The molecule has 0 saturated heterocycles.